The molecule has 0 bridgehead atoms. The SMILES string of the molecule is CC(I)OC(=O)N(C)C(C)CCBr. The van der Waals surface area contributed by atoms with E-state index in [-0.39, 0.29) is 16.2 Å². The third kappa shape index (κ3) is 5.72. The van der Waals surface area contributed by atoms with Crippen molar-refractivity contribution in [2.75, 3.05) is 12.4 Å². The fourth-order valence-corrected chi connectivity index (χ4v) is 1.63. The van der Waals surface area contributed by atoms with Gasteiger partial charge in [0, 0.05) is 18.4 Å². The molecule has 0 N–H and O–H groups in total. The van der Waals surface area contributed by atoms with Gasteiger partial charge in [0.25, 0.3) is 0 Å². The van der Waals surface area contributed by atoms with Gasteiger partial charge < -0.3 is 9.64 Å². The van der Waals surface area contributed by atoms with E-state index in [1.807, 2.05) is 13.8 Å². The van der Waals surface area contributed by atoms with Gasteiger partial charge in [0.2, 0.25) is 0 Å². The number of rotatable bonds is 4. The van der Waals surface area contributed by atoms with Gasteiger partial charge in [-0.3, -0.25) is 0 Å². The molecule has 0 aromatic heterocycles. The lowest BCUT2D eigenvalue weighted by Gasteiger charge is -2.24. The Labute approximate surface area is 101 Å². The molecule has 5 heteroatoms. The molecule has 0 aliphatic heterocycles. The van der Waals surface area contributed by atoms with E-state index in [1.165, 1.54) is 0 Å². The molecule has 2 unspecified atom stereocenters. The van der Waals surface area contributed by atoms with Crippen molar-refractivity contribution in [2.45, 2.75) is 30.4 Å². The van der Waals surface area contributed by atoms with Gasteiger partial charge in [-0.05, 0) is 42.9 Å². The van der Waals surface area contributed by atoms with Gasteiger partial charge in [0.05, 0.1) is 0 Å². The lowest BCUT2D eigenvalue weighted by atomic mass is 10.2. The Morgan fingerprint density at radius 3 is 2.54 bits per heavy atom. The molecule has 0 aromatic rings. The van der Waals surface area contributed by atoms with Gasteiger partial charge in [-0.25, -0.2) is 4.79 Å². The third-order valence-electron chi connectivity index (χ3n) is 1.74. The van der Waals surface area contributed by atoms with Crippen LogP contribution in [0, 0.1) is 0 Å². The number of carbonyl (C=O) groups excluding carboxylic acids is 1. The van der Waals surface area contributed by atoms with Gasteiger partial charge in [0.15, 0.2) is 4.11 Å². The summed E-state index contributed by atoms with van der Waals surface area (Å²) in [5.74, 6) is 0. The average Bonchev–Trinajstić information content (AvgIpc) is 2.02. The van der Waals surface area contributed by atoms with Crippen LogP contribution in [-0.4, -0.2) is 33.5 Å². The normalized spacial score (nSPS) is 14.8. The van der Waals surface area contributed by atoms with Crippen LogP contribution in [-0.2, 0) is 4.74 Å². The highest BCUT2D eigenvalue weighted by Gasteiger charge is 2.17. The van der Waals surface area contributed by atoms with Crippen LogP contribution in [0.3, 0.4) is 0 Å². The van der Waals surface area contributed by atoms with Crippen LogP contribution in [0.15, 0.2) is 0 Å². The first kappa shape index (κ1) is 13.5. The number of nitrogens with zero attached hydrogens (tertiary/aromatic N) is 1. The Balaban J connectivity index is 3.93. The van der Waals surface area contributed by atoms with Gasteiger partial charge in [0.1, 0.15) is 0 Å². The topological polar surface area (TPSA) is 29.5 Å². The summed E-state index contributed by atoms with van der Waals surface area (Å²) >= 11 is 5.39. The minimum atomic E-state index is -0.254. The minimum absolute atomic E-state index is 0.0799. The quantitative estimate of drug-likeness (QED) is 0.567. The maximum Gasteiger partial charge on any atom is 0.410 e. The highest BCUT2D eigenvalue weighted by atomic mass is 127. The monoisotopic (exact) mass is 363 g/mol. The molecule has 0 fully saturated rings. The maximum atomic E-state index is 11.4. The number of carbonyl (C=O) groups is 1. The second kappa shape index (κ2) is 6.86. The highest BCUT2D eigenvalue weighted by molar-refractivity contribution is 14.1. The molecule has 2 atom stereocenters. The maximum absolute atomic E-state index is 11.4. The van der Waals surface area contributed by atoms with Gasteiger partial charge in [-0.1, -0.05) is 15.9 Å². The molecular weight excluding hydrogens is 349 g/mol. The number of hydrogen-bond acceptors (Lipinski definition) is 2. The Morgan fingerprint density at radius 2 is 2.15 bits per heavy atom. The number of alkyl halides is 2. The van der Waals surface area contributed by atoms with Crippen molar-refractivity contribution in [2.24, 2.45) is 0 Å². The van der Waals surface area contributed by atoms with E-state index in [1.54, 1.807) is 11.9 Å². The standard InChI is InChI=1S/C8H15BrINO2/c1-6(4-5-9)11(3)8(12)13-7(2)10/h6-7H,4-5H2,1-3H3. The second-order valence-electron chi connectivity index (χ2n) is 2.86. The van der Waals surface area contributed by atoms with Crippen molar-refractivity contribution in [3.8, 4) is 0 Å². The first-order valence-electron chi connectivity index (χ1n) is 4.12. The molecule has 0 spiro atoms. The van der Waals surface area contributed by atoms with Crippen LogP contribution < -0.4 is 0 Å². The number of halogens is 2. The summed E-state index contributed by atoms with van der Waals surface area (Å²) in [5.41, 5.74) is 0. The number of hydrogen-bond donors (Lipinski definition) is 0. The minimum Gasteiger partial charge on any atom is -0.436 e. The Hall–Kier alpha value is 0.480. The van der Waals surface area contributed by atoms with Gasteiger partial charge in [-0.15, -0.1) is 0 Å². The van der Waals surface area contributed by atoms with Gasteiger partial charge >= 0.3 is 6.09 Å². The van der Waals surface area contributed by atoms with E-state index in [0.717, 1.165) is 11.8 Å². The molecule has 0 aliphatic rings. The number of ether oxygens (including phenoxy) is 1. The molecule has 0 rings (SSSR count). The molecule has 0 heterocycles. The Kier molecular flexibility index (Phi) is 7.12. The van der Waals surface area contributed by atoms with E-state index >= 15 is 0 Å². The lowest BCUT2D eigenvalue weighted by molar-refractivity contribution is 0.0988. The number of amides is 1. The van der Waals surface area contributed by atoms with E-state index in [4.69, 9.17) is 4.74 Å². The zero-order valence-corrected chi connectivity index (χ0v) is 11.8. The molecule has 0 aliphatic carbocycles. The van der Waals surface area contributed by atoms with Crippen LogP contribution in [0.4, 0.5) is 4.79 Å². The fourth-order valence-electron chi connectivity index (χ4n) is 0.754. The van der Waals surface area contributed by atoms with Crippen molar-refractivity contribution in [3.63, 3.8) is 0 Å². The highest BCUT2D eigenvalue weighted by Crippen LogP contribution is 2.08. The van der Waals surface area contributed by atoms with E-state index in [2.05, 4.69) is 38.5 Å². The summed E-state index contributed by atoms with van der Waals surface area (Å²) in [7, 11) is 1.76. The van der Waals surface area contributed by atoms with Crippen molar-refractivity contribution >= 4 is 44.6 Å². The van der Waals surface area contributed by atoms with Gasteiger partial charge in [-0.2, -0.15) is 0 Å². The summed E-state index contributed by atoms with van der Waals surface area (Å²) in [6, 6.07) is 0.210. The summed E-state index contributed by atoms with van der Waals surface area (Å²) in [6.07, 6.45) is 0.677. The van der Waals surface area contributed by atoms with Crippen molar-refractivity contribution in [3.05, 3.63) is 0 Å². The summed E-state index contributed by atoms with van der Waals surface area (Å²) in [4.78, 5) is 13.0. The lowest BCUT2D eigenvalue weighted by Crippen LogP contribution is -2.36. The first-order valence-corrected chi connectivity index (χ1v) is 6.49. The molecule has 3 nitrogen and oxygen atoms in total. The second-order valence-corrected chi connectivity index (χ2v) is 5.41. The summed E-state index contributed by atoms with van der Waals surface area (Å²) < 4.78 is 4.96. The zero-order valence-electron chi connectivity index (χ0n) is 8.09. The van der Waals surface area contributed by atoms with Crippen LogP contribution in [0.25, 0.3) is 0 Å². The molecule has 0 saturated heterocycles. The fraction of sp³-hybridized carbons (Fsp3) is 0.875. The zero-order chi connectivity index (χ0) is 10.4. The molecule has 0 radical (unpaired) electrons. The Bertz CT molecular complexity index is 166. The van der Waals surface area contributed by atoms with Crippen molar-refractivity contribution in [1.82, 2.24) is 4.90 Å². The van der Waals surface area contributed by atoms with Crippen LogP contribution in [0.2, 0.25) is 0 Å². The van der Waals surface area contributed by atoms with Crippen molar-refractivity contribution < 1.29 is 9.53 Å². The summed E-state index contributed by atoms with van der Waals surface area (Å²) in [5, 5.41) is 0.894. The predicted molar refractivity (Wildman–Crippen MR) is 65.6 cm³/mol. The van der Waals surface area contributed by atoms with Crippen molar-refractivity contribution in [1.29, 1.82) is 0 Å². The Morgan fingerprint density at radius 1 is 1.62 bits per heavy atom. The smallest absolute Gasteiger partial charge is 0.410 e. The van der Waals surface area contributed by atoms with Crippen LogP contribution >= 0.6 is 38.5 Å². The van der Waals surface area contributed by atoms with E-state index in [9.17, 15) is 4.79 Å². The molecule has 0 saturated carbocycles. The van der Waals surface area contributed by atoms with Crippen LogP contribution in [0.1, 0.15) is 20.3 Å². The first-order chi connectivity index (χ1) is 5.99. The van der Waals surface area contributed by atoms with E-state index < -0.39 is 0 Å². The molecule has 1 amide bonds. The predicted octanol–water partition coefficient (Wildman–Crippen LogP) is 3.01. The largest absolute Gasteiger partial charge is 0.436 e. The molecule has 78 valence electrons. The average molecular weight is 364 g/mol. The molecule has 0 aromatic carbocycles. The van der Waals surface area contributed by atoms with E-state index in [0.29, 0.717) is 0 Å². The third-order valence-corrected chi connectivity index (χ3v) is 2.45. The molecule has 13 heavy (non-hydrogen) atoms. The van der Waals surface area contributed by atoms with Crippen LogP contribution in [0.5, 0.6) is 0 Å². The molecular formula is C8H15BrINO2. The summed E-state index contributed by atoms with van der Waals surface area (Å²) in [6.45, 7) is 3.84.